The van der Waals surface area contributed by atoms with Gasteiger partial charge in [0.05, 0.1) is 6.07 Å². The Labute approximate surface area is 103 Å². The molecule has 17 heavy (non-hydrogen) atoms. The maximum atomic E-state index is 12.1. The summed E-state index contributed by atoms with van der Waals surface area (Å²) < 4.78 is 28.2. The highest BCUT2D eigenvalue weighted by Gasteiger charge is 2.36. The van der Waals surface area contributed by atoms with E-state index in [1.807, 2.05) is 0 Å². The first kappa shape index (κ1) is 12.8. The molecule has 0 bridgehead atoms. The lowest BCUT2D eigenvalue weighted by molar-refractivity contribution is 0.277. The van der Waals surface area contributed by atoms with Gasteiger partial charge in [-0.05, 0) is 37.5 Å². The van der Waals surface area contributed by atoms with Crippen LogP contribution in [0.15, 0.2) is 0 Å². The molecular formula is C11H19N3O2S. The van der Waals surface area contributed by atoms with Gasteiger partial charge in [0, 0.05) is 13.1 Å². The molecule has 0 amide bonds. The SMILES string of the molecule is CC1CCCN(S(=O)(=O)NC(C#N)C2CC2)C1. The van der Waals surface area contributed by atoms with Gasteiger partial charge in [-0.25, -0.2) is 0 Å². The van der Waals surface area contributed by atoms with E-state index in [-0.39, 0.29) is 5.92 Å². The Kier molecular flexibility index (Phi) is 3.71. The van der Waals surface area contributed by atoms with E-state index in [9.17, 15) is 8.42 Å². The molecular weight excluding hydrogens is 238 g/mol. The van der Waals surface area contributed by atoms with Gasteiger partial charge in [0.1, 0.15) is 6.04 Å². The highest BCUT2D eigenvalue weighted by molar-refractivity contribution is 7.87. The fourth-order valence-electron chi connectivity index (χ4n) is 2.26. The third-order valence-electron chi connectivity index (χ3n) is 3.47. The van der Waals surface area contributed by atoms with Gasteiger partial charge in [0.2, 0.25) is 0 Å². The van der Waals surface area contributed by atoms with Gasteiger partial charge >= 0.3 is 0 Å². The normalized spacial score (nSPS) is 28.6. The lowest BCUT2D eigenvalue weighted by Gasteiger charge is -2.30. The Morgan fingerprint density at radius 3 is 2.65 bits per heavy atom. The molecule has 0 radical (unpaired) electrons. The largest absolute Gasteiger partial charge is 0.280 e. The minimum absolute atomic E-state index is 0.219. The number of hydrogen-bond acceptors (Lipinski definition) is 3. The fraction of sp³-hybridized carbons (Fsp3) is 0.909. The van der Waals surface area contributed by atoms with Gasteiger partial charge in [0.15, 0.2) is 0 Å². The summed E-state index contributed by atoms with van der Waals surface area (Å²) >= 11 is 0. The number of piperidine rings is 1. The minimum Gasteiger partial charge on any atom is -0.197 e. The van der Waals surface area contributed by atoms with E-state index in [0.717, 1.165) is 25.7 Å². The molecule has 0 spiro atoms. The second kappa shape index (κ2) is 4.92. The monoisotopic (exact) mass is 257 g/mol. The molecule has 0 aromatic rings. The quantitative estimate of drug-likeness (QED) is 0.811. The van der Waals surface area contributed by atoms with Gasteiger partial charge in [-0.15, -0.1) is 0 Å². The lowest BCUT2D eigenvalue weighted by atomic mass is 10.0. The van der Waals surface area contributed by atoms with E-state index in [1.165, 1.54) is 4.31 Å². The second-order valence-corrected chi connectivity index (χ2v) is 6.87. The summed E-state index contributed by atoms with van der Waals surface area (Å²) in [6.07, 6.45) is 3.90. The molecule has 1 N–H and O–H groups in total. The number of hydrogen-bond donors (Lipinski definition) is 1. The molecule has 1 aliphatic heterocycles. The molecule has 0 aromatic heterocycles. The topological polar surface area (TPSA) is 73.2 Å². The molecule has 96 valence electrons. The highest BCUT2D eigenvalue weighted by Crippen LogP contribution is 2.33. The highest BCUT2D eigenvalue weighted by atomic mass is 32.2. The third-order valence-corrected chi connectivity index (χ3v) is 5.03. The molecule has 2 rings (SSSR count). The average molecular weight is 257 g/mol. The standard InChI is InChI=1S/C11H19N3O2S/c1-9-3-2-6-14(8-9)17(15,16)13-11(7-12)10-4-5-10/h9-11,13H,2-6,8H2,1H3. The van der Waals surface area contributed by atoms with Crippen LogP contribution in [0.1, 0.15) is 32.6 Å². The summed E-state index contributed by atoms with van der Waals surface area (Å²) in [7, 11) is -3.47. The Hall–Kier alpha value is -0.640. The van der Waals surface area contributed by atoms with E-state index in [1.54, 1.807) is 0 Å². The molecule has 2 atom stereocenters. The zero-order valence-electron chi connectivity index (χ0n) is 10.1. The van der Waals surface area contributed by atoms with Crippen molar-refractivity contribution in [3.63, 3.8) is 0 Å². The minimum atomic E-state index is -3.47. The first-order valence-electron chi connectivity index (χ1n) is 6.20. The Morgan fingerprint density at radius 2 is 2.12 bits per heavy atom. The number of nitriles is 1. The summed E-state index contributed by atoms with van der Waals surface area (Å²) in [6, 6.07) is 1.51. The van der Waals surface area contributed by atoms with Gasteiger partial charge in [-0.2, -0.15) is 22.7 Å². The lowest BCUT2D eigenvalue weighted by Crippen LogP contribution is -2.49. The van der Waals surface area contributed by atoms with Crippen LogP contribution in [-0.2, 0) is 10.2 Å². The average Bonchev–Trinajstić information content (AvgIpc) is 3.10. The van der Waals surface area contributed by atoms with Crippen LogP contribution in [0.4, 0.5) is 0 Å². The van der Waals surface area contributed by atoms with Crippen LogP contribution < -0.4 is 4.72 Å². The predicted octanol–water partition coefficient (Wildman–Crippen LogP) is 0.855. The maximum Gasteiger partial charge on any atom is 0.280 e. The molecule has 1 aliphatic carbocycles. The smallest absolute Gasteiger partial charge is 0.197 e. The Balaban J connectivity index is 2.00. The summed E-state index contributed by atoms with van der Waals surface area (Å²) in [5, 5.41) is 8.95. The predicted molar refractivity (Wildman–Crippen MR) is 64.2 cm³/mol. The van der Waals surface area contributed by atoms with Crippen molar-refractivity contribution >= 4 is 10.2 Å². The summed E-state index contributed by atoms with van der Waals surface area (Å²) in [5.74, 6) is 0.624. The molecule has 2 unspecified atom stereocenters. The second-order valence-electron chi connectivity index (χ2n) is 5.17. The molecule has 1 saturated carbocycles. The Bertz CT molecular complexity index is 411. The molecule has 5 nitrogen and oxygen atoms in total. The van der Waals surface area contributed by atoms with E-state index >= 15 is 0 Å². The molecule has 2 aliphatic rings. The van der Waals surface area contributed by atoms with Gasteiger partial charge in [-0.1, -0.05) is 6.92 Å². The molecule has 1 saturated heterocycles. The van der Waals surface area contributed by atoms with Crippen LogP contribution in [0.5, 0.6) is 0 Å². The first-order chi connectivity index (χ1) is 8.03. The molecule has 0 aromatic carbocycles. The van der Waals surface area contributed by atoms with E-state index in [0.29, 0.717) is 19.0 Å². The summed E-state index contributed by atoms with van der Waals surface area (Å²) in [6.45, 7) is 3.20. The van der Waals surface area contributed by atoms with Crippen molar-refractivity contribution < 1.29 is 8.42 Å². The summed E-state index contributed by atoms with van der Waals surface area (Å²) in [5.41, 5.74) is 0. The van der Waals surface area contributed by atoms with Crippen LogP contribution in [0.2, 0.25) is 0 Å². The van der Waals surface area contributed by atoms with Crippen LogP contribution in [0, 0.1) is 23.2 Å². The van der Waals surface area contributed by atoms with Gasteiger partial charge in [-0.3, -0.25) is 0 Å². The first-order valence-corrected chi connectivity index (χ1v) is 7.64. The van der Waals surface area contributed by atoms with Crippen molar-refractivity contribution in [1.29, 1.82) is 5.26 Å². The fourth-order valence-corrected chi connectivity index (χ4v) is 3.79. The van der Waals surface area contributed by atoms with E-state index in [2.05, 4.69) is 17.7 Å². The van der Waals surface area contributed by atoms with Gasteiger partial charge in [0.25, 0.3) is 10.2 Å². The Morgan fingerprint density at radius 1 is 1.41 bits per heavy atom. The van der Waals surface area contributed by atoms with Crippen molar-refractivity contribution in [1.82, 2.24) is 9.03 Å². The van der Waals surface area contributed by atoms with E-state index in [4.69, 9.17) is 5.26 Å². The number of rotatable bonds is 4. The van der Waals surface area contributed by atoms with Gasteiger partial charge < -0.3 is 0 Å². The van der Waals surface area contributed by atoms with Crippen LogP contribution >= 0.6 is 0 Å². The third kappa shape index (κ3) is 3.18. The maximum absolute atomic E-state index is 12.1. The van der Waals surface area contributed by atoms with E-state index < -0.39 is 16.3 Å². The summed E-state index contributed by atoms with van der Waals surface area (Å²) in [4.78, 5) is 0. The van der Waals surface area contributed by atoms with Crippen molar-refractivity contribution in [3.8, 4) is 6.07 Å². The van der Waals surface area contributed by atoms with Crippen molar-refractivity contribution in [2.75, 3.05) is 13.1 Å². The van der Waals surface area contributed by atoms with Crippen LogP contribution in [0.25, 0.3) is 0 Å². The zero-order valence-corrected chi connectivity index (χ0v) is 10.9. The number of nitrogens with zero attached hydrogens (tertiary/aromatic N) is 2. The zero-order chi connectivity index (χ0) is 12.5. The van der Waals surface area contributed by atoms with Crippen molar-refractivity contribution in [2.24, 2.45) is 11.8 Å². The van der Waals surface area contributed by atoms with Crippen molar-refractivity contribution in [2.45, 2.75) is 38.6 Å². The van der Waals surface area contributed by atoms with Crippen LogP contribution in [0.3, 0.4) is 0 Å². The molecule has 1 heterocycles. The number of nitrogens with one attached hydrogen (secondary N) is 1. The van der Waals surface area contributed by atoms with Crippen LogP contribution in [-0.4, -0.2) is 31.9 Å². The van der Waals surface area contributed by atoms with Crippen molar-refractivity contribution in [3.05, 3.63) is 0 Å². The molecule has 6 heteroatoms. The molecule has 2 fully saturated rings.